The molecule has 1 aromatic heterocycles. The van der Waals surface area contributed by atoms with Crippen molar-refractivity contribution < 1.29 is 22.7 Å². The van der Waals surface area contributed by atoms with Crippen LogP contribution in [0.15, 0.2) is 42.6 Å². The van der Waals surface area contributed by atoms with Crippen LogP contribution in [0, 0.1) is 0 Å². The van der Waals surface area contributed by atoms with Gasteiger partial charge in [0.05, 0.1) is 18.3 Å². The van der Waals surface area contributed by atoms with Crippen molar-refractivity contribution in [3.8, 4) is 0 Å². The van der Waals surface area contributed by atoms with E-state index in [4.69, 9.17) is 4.74 Å². The molecule has 1 amide bonds. The number of halogens is 4. The van der Waals surface area contributed by atoms with Gasteiger partial charge in [0.25, 0.3) is 5.91 Å². The van der Waals surface area contributed by atoms with Gasteiger partial charge in [0, 0.05) is 25.8 Å². The number of pyridine rings is 1. The van der Waals surface area contributed by atoms with E-state index in [9.17, 15) is 18.0 Å². The van der Waals surface area contributed by atoms with Crippen LogP contribution in [0.3, 0.4) is 0 Å². The maximum atomic E-state index is 12.5. The van der Waals surface area contributed by atoms with E-state index < -0.39 is 17.8 Å². The Balaban J connectivity index is 0.00000261. The van der Waals surface area contributed by atoms with Crippen LogP contribution in [0.25, 0.3) is 0 Å². The van der Waals surface area contributed by atoms with E-state index in [1.165, 1.54) is 0 Å². The van der Waals surface area contributed by atoms with Gasteiger partial charge in [-0.2, -0.15) is 13.2 Å². The zero-order valence-corrected chi connectivity index (χ0v) is 15.1. The molecule has 0 spiro atoms. The number of benzene rings is 1. The first-order chi connectivity index (χ1) is 12.4. The number of nitrogens with zero attached hydrogens (tertiary/aromatic N) is 1. The predicted octanol–water partition coefficient (Wildman–Crippen LogP) is 3.11. The summed E-state index contributed by atoms with van der Waals surface area (Å²) in [6, 6.07) is 9.57. The lowest BCUT2D eigenvalue weighted by atomic mass is 10.1. The van der Waals surface area contributed by atoms with E-state index in [1.54, 1.807) is 0 Å². The molecular weight excluding hydrogens is 383 g/mol. The molecule has 1 aromatic carbocycles. The second-order valence-corrected chi connectivity index (χ2v) is 5.92. The number of nitrogens with one attached hydrogen (secondary N) is 2. The van der Waals surface area contributed by atoms with Gasteiger partial charge in [-0.05, 0) is 23.3 Å². The number of hydrogen-bond donors (Lipinski definition) is 2. The van der Waals surface area contributed by atoms with E-state index in [0.29, 0.717) is 6.61 Å². The van der Waals surface area contributed by atoms with Gasteiger partial charge in [0.15, 0.2) is 0 Å². The number of hydrogen-bond acceptors (Lipinski definition) is 4. The number of morpholine rings is 1. The number of carbonyl (C=O) groups excluding carboxylic acids is 1. The molecule has 2 N–H and O–H groups in total. The summed E-state index contributed by atoms with van der Waals surface area (Å²) in [7, 11) is 0. The molecule has 0 unspecified atom stereocenters. The van der Waals surface area contributed by atoms with Gasteiger partial charge >= 0.3 is 6.18 Å². The van der Waals surface area contributed by atoms with Gasteiger partial charge in [-0.15, -0.1) is 12.4 Å². The molecule has 0 saturated carbocycles. The van der Waals surface area contributed by atoms with Gasteiger partial charge in [0.2, 0.25) is 0 Å². The third-order valence-electron chi connectivity index (χ3n) is 4.05. The van der Waals surface area contributed by atoms with E-state index >= 15 is 0 Å². The summed E-state index contributed by atoms with van der Waals surface area (Å²) in [6.07, 6.45) is -3.58. The fourth-order valence-electron chi connectivity index (χ4n) is 2.61. The van der Waals surface area contributed by atoms with Crippen LogP contribution in [0.4, 0.5) is 13.2 Å². The van der Waals surface area contributed by atoms with Crippen molar-refractivity contribution in [3.05, 3.63) is 65.0 Å². The normalized spacial score (nSPS) is 17.1. The third kappa shape index (κ3) is 5.66. The lowest BCUT2D eigenvalue weighted by Crippen LogP contribution is -2.33. The molecular formula is C18H19ClF3N3O2. The Morgan fingerprint density at radius 1 is 1.22 bits per heavy atom. The fraction of sp³-hybridized carbons (Fsp3) is 0.333. The molecule has 0 bridgehead atoms. The minimum absolute atomic E-state index is 0. The maximum Gasteiger partial charge on any atom is 0.433 e. The van der Waals surface area contributed by atoms with Crippen LogP contribution in [0.5, 0.6) is 0 Å². The van der Waals surface area contributed by atoms with Crippen LogP contribution in [-0.2, 0) is 17.5 Å². The largest absolute Gasteiger partial charge is 0.433 e. The highest BCUT2D eigenvalue weighted by Gasteiger charge is 2.32. The molecule has 9 heteroatoms. The Labute approximate surface area is 160 Å². The average Bonchev–Trinajstić information content (AvgIpc) is 2.66. The molecule has 0 aliphatic carbocycles. The predicted molar refractivity (Wildman–Crippen MR) is 95.7 cm³/mol. The Hall–Kier alpha value is -2.16. The quantitative estimate of drug-likeness (QED) is 0.826. The summed E-state index contributed by atoms with van der Waals surface area (Å²) in [6.45, 7) is 2.55. The second-order valence-electron chi connectivity index (χ2n) is 5.92. The number of ether oxygens (including phenoxy) is 1. The maximum absolute atomic E-state index is 12.5. The molecule has 2 aromatic rings. The second kappa shape index (κ2) is 9.16. The minimum Gasteiger partial charge on any atom is -0.371 e. The first-order valence-corrected chi connectivity index (χ1v) is 8.16. The van der Waals surface area contributed by atoms with Gasteiger partial charge in [-0.3, -0.25) is 9.78 Å². The summed E-state index contributed by atoms with van der Waals surface area (Å²) < 4.78 is 43.1. The molecule has 146 valence electrons. The standard InChI is InChI=1S/C18H18F3N3O2.ClH/c19-18(20,21)16-6-5-14(10-23-16)17(25)24-9-12-1-3-13(4-2-12)15-11-22-7-8-26-15;/h1-6,10,15,22H,7-9,11H2,(H,24,25);1H/t15-;/m1./s1. The molecule has 3 rings (SSSR count). The zero-order valence-electron chi connectivity index (χ0n) is 14.3. The average molecular weight is 402 g/mol. The van der Waals surface area contributed by atoms with Crippen molar-refractivity contribution in [2.45, 2.75) is 18.8 Å². The third-order valence-corrected chi connectivity index (χ3v) is 4.05. The van der Waals surface area contributed by atoms with Crippen molar-refractivity contribution in [1.82, 2.24) is 15.6 Å². The monoisotopic (exact) mass is 401 g/mol. The Morgan fingerprint density at radius 3 is 2.52 bits per heavy atom. The smallest absolute Gasteiger partial charge is 0.371 e. The molecule has 0 radical (unpaired) electrons. The van der Waals surface area contributed by atoms with Crippen LogP contribution < -0.4 is 10.6 Å². The van der Waals surface area contributed by atoms with Crippen molar-refractivity contribution in [3.63, 3.8) is 0 Å². The van der Waals surface area contributed by atoms with Crippen molar-refractivity contribution in [2.24, 2.45) is 0 Å². The molecule has 27 heavy (non-hydrogen) atoms. The molecule has 1 aliphatic heterocycles. The topological polar surface area (TPSA) is 63.2 Å². The Morgan fingerprint density at radius 2 is 1.96 bits per heavy atom. The Kier molecular flexibility index (Phi) is 7.18. The summed E-state index contributed by atoms with van der Waals surface area (Å²) in [5, 5.41) is 5.93. The first kappa shape index (κ1) is 21.1. The lowest BCUT2D eigenvalue weighted by molar-refractivity contribution is -0.141. The number of amides is 1. The summed E-state index contributed by atoms with van der Waals surface area (Å²) in [5.74, 6) is -0.477. The molecule has 2 heterocycles. The van der Waals surface area contributed by atoms with E-state index in [1.807, 2.05) is 24.3 Å². The first-order valence-electron chi connectivity index (χ1n) is 8.16. The number of aromatic nitrogens is 1. The SMILES string of the molecule is Cl.O=C(NCc1ccc([C@H]2CNCCO2)cc1)c1ccc(C(F)(F)F)nc1. The molecule has 5 nitrogen and oxygen atoms in total. The molecule has 1 aliphatic rings. The van der Waals surface area contributed by atoms with Crippen LogP contribution in [0.2, 0.25) is 0 Å². The molecule has 1 fully saturated rings. The van der Waals surface area contributed by atoms with Crippen molar-refractivity contribution >= 4 is 18.3 Å². The Bertz CT molecular complexity index is 746. The highest BCUT2D eigenvalue weighted by molar-refractivity contribution is 5.93. The fourth-order valence-corrected chi connectivity index (χ4v) is 2.61. The summed E-state index contributed by atoms with van der Waals surface area (Å²) in [5.41, 5.74) is 0.991. The number of rotatable bonds is 4. The minimum atomic E-state index is -4.52. The van der Waals surface area contributed by atoms with Crippen LogP contribution >= 0.6 is 12.4 Å². The molecule has 1 saturated heterocycles. The highest BCUT2D eigenvalue weighted by atomic mass is 35.5. The van der Waals surface area contributed by atoms with Crippen LogP contribution in [0.1, 0.15) is 33.3 Å². The summed E-state index contributed by atoms with van der Waals surface area (Å²) in [4.78, 5) is 15.3. The van der Waals surface area contributed by atoms with Gasteiger partial charge in [-0.1, -0.05) is 24.3 Å². The van der Waals surface area contributed by atoms with Crippen LogP contribution in [-0.4, -0.2) is 30.6 Å². The zero-order chi connectivity index (χ0) is 18.6. The molecule has 1 atom stereocenters. The highest BCUT2D eigenvalue weighted by Crippen LogP contribution is 2.27. The van der Waals surface area contributed by atoms with Gasteiger partial charge < -0.3 is 15.4 Å². The van der Waals surface area contributed by atoms with Crippen molar-refractivity contribution in [1.29, 1.82) is 0 Å². The van der Waals surface area contributed by atoms with Gasteiger partial charge in [0.1, 0.15) is 5.69 Å². The van der Waals surface area contributed by atoms with Gasteiger partial charge in [-0.25, -0.2) is 0 Å². The van der Waals surface area contributed by atoms with E-state index in [-0.39, 0.29) is 30.6 Å². The van der Waals surface area contributed by atoms with Crippen molar-refractivity contribution in [2.75, 3.05) is 19.7 Å². The van der Waals surface area contributed by atoms with E-state index in [0.717, 1.165) is 42.5 Å². The number of alkyl halides is 3. The van der Waals surface area contributed by atoms with E-state index in [2.05, 4.69) is 15.6 Å². The number of carbonyl (C=O) groups is 1. The summed E-state index contributed by atoms with van der Waals surface area (Å²) >= 11 is 0. The lowest BCUT2D eigenvalue weighted by Gasteiger charge is -2.24.